The molecule has 0 bridgehead atoms. The highest BCUT2D eigenvalue weighted by molar-refractivity contribution is 5.95. The molecule has 0 aliphatic carbocycles. The topological polar surface area (TPSA) is 88.6 Å². The Balaban J connectivity index is 1.68. The summed E-state index contributed by atoms with van der Waals surface area (Å²) in [6, 6.07) is 12.2. The highest BCUT2D eigenvalue weighted by atomic mass is 19.1. The molecule has 0 saturated carbocycles. The highest BCUT2D eigenvalue weighted by Crippen LogP contribution is 2.36. The van der Waals surface area contributed by atoms with Crippen molar-refractivity contribution in [2.75, 3.05) is 18.0 Å². The molecule has 1 fully saturated rings. The van der Waals surface area contributed by atoms with Gasteiger partial charge in [-0.15, -0.1) is 0 Å². The van der Waals surface area contributed by atoms with Crippen LogP contribution in [0.2, 0.25) is 0 Å². The van der Waals surface area contributed by atoms with Crippen molar-refractivity contribution in [1.82, 2.24) is 4.57 Å². The van der Waals surface area contributed by atoms with E-state index in [1.54, 1.807) is 0 Å². The molecule has 4 aromatic rings. The monoisotopic (exact) mass is 507 g/mol. The molecule has 0 radical (unpaired) electrons. The molecule has 3 aromatic carbocycles. The van der Waals surface area contributed by atoms with Crippen LogP contribution in [0.3, 0.4) is 0 Å². The summed E-state index contributed by atoms with van der Waals surface area (Å²) in [5.41, 5.74) is 6.51. The van der Waals surface area contributed by atoms with Gasteiger partial charge in [-0.2, -0.15) is 0 Å². The SMILES string of the molecule is Cc1c(F)c(N2CCC(c3cccc(CN)c3)C2)cc2c1c(=O)c(C(=O)O)cn2-c1ccc(F)cc1F. The number of halogens is 3. The van der Waals surface area contributed by atoms with Crippen molar-refractivity contribution in [3.63, 3.8) is 0 Å². The lowest BCUT2D eigenvalue weighted by Gasteiger charge is -2.23. The van der Waals surface area contributed by atoms with Gasteiger partial charge in [-0.1, -0.05) is 24.3 Å². The lowest BCUT2D eigenvalue weighted by atomic mass is 9.96. The number of carbonyl (C=O) groups is 1. The summed E-state index contributed by atoms with van der Waals surface area (Å²) in [7, 11) is 0. The van der Waals surface area contributed by atoms with E-state index >= 15 is 4.39 Å². The Bertz CT molecular complexity index is 1620. The summed E-state index contributed by atoms with van der Waals surface area (Å²) < 4.78 is 45.3. The van der Waals surface area contributed by atoms with Gasteiger partial charge in [-0.3, -0.25) is 4.79 Å². The molecular weight excluding hydrogens is 483 g/mol. The van der Waals surface area contributed by atoms with Crippen molar-refractivity contribution >= 4 is 22.6 Å². The van der Waals surface area contributed by atoms with Crippen LogP contribution in [0.25, 0.3) is 16.6 Å². The number of nitrogens with two attached hydrogens (primary N) is 1. The van der Waals surface area contributed by atoms with Crippen molar-refractivity contribution in [2.24, 2.45) is 5.73 Å². The predicted octanol–water partition coefficient (Wildman–Crippen LogP) is 4.87. The Kier molecular flexibility index (Phi) is 6.25. The number of pyridine rings is 1. The second-order valence-corrected chi connectivity index (χ2v) is 9.25. The summed E-state index contributed by atoms with van der Waals surface area (Å²) >= 11 is 0. The zero-order chi connectivity index (χ0) is 26.4. The van der Waals surface area contributed by atoms with Crippen LogP contribution in [-0.2, 0) is 6.54 Å². The molecule has 1 atom stereocenters. The largest absolute Gasteiger partial charge is 0.477 e. The van der Waals surface area contributed by atoms with Crippen molar-refractivity contribution < 1.29 is 23.1 Å². The molecule has 1 aliphatic rings. The summed E-state index contributed by atoms with van der Waals surface area (Å²) in [5.74, 6) is -3.81. The maximum Gasteiger partial charge on any atom is 0.341 e. The minimum Gasteiger partial charge on any atom is -0.477 e. The van der Waals surface area contributed by atoms with Gasteiger partial charge in [0.05, 0.1) is 22.3 Å². The summed E-state index contributed by atoms with van der Waals surface area (Å²) in [5, 5.41) is 9.43. The number of carboxylic acids is 1. The molecule has 190 valence electrons. The van der Waals surface area contributed by atoms with Gasteiger partial charge in [0.15, 0.2) is 0 Å². The molecule has 1 unspecified atom stereocenters. The van der Waals surface area contributed by atoms with Crippen LogP contribution in [-0.4, -0.2) is 28.7 Å². The van der Waals surface area contributed by atoms with E-state index in [-0.39, 0.29) is 33.8 Å². The van der Waals surface area contributed by atoms with E-state index in [1.165, 1.54) is 17.6 Å². The molecule has 1 saturated heterocycles. The molecule has 2 heterocycles. The molecule has 3 N–H and O–H groups in total. The van der Waals surface area contributed by atoms with Gasteiger partial charge in [-0.25, -0.2) is 18.0 Å². The maximum absolute atomic E-state index is 15.7. The van der Waals surface area contributed by atoms with E-state index < -0.39 is 34.4 Å². The van der Waals surface area contributed by atoms with E-state index in [4.69, 9.17) is 5.73 Å². The van der Waals surface area contributed by atoms with Crippen molar-refractivity contribution in [2.45, 2.75) is 25.8 Å². The van der Waals surface area contributed by atoms with Gasteiger partial charge in [0, 0.05) is 43.4 Å². The third-order valence-electron chi connectivity index (χ3n) is 7.03. The van der Waals surface area contributed by atoms with Crippen LogP contribution < -0.4 is 16.1 Å². The lowest BCUT2D eigenvalue weighted by Crippen LogP contribution is -2.24. The summed E-state index contributed by atoms with van der Waals surface area (Å²) in [4.78, 5) is 26.7. The Morgan fingerprint density at radius 1 is 1.11 bits per heavy atom. The molecule has 1 aliphatic heterocycles. The smallest absolute Gasteiger partial charge is 0.341 e. The first-order valence-electron chi connectivity index (χ1n) is 11.8. The molecule has 6 nitrogen and oxygen atoms in total. The van der Waals surface area contributed by atoms with Gasteiger partial charge in [0.2, 0.25) is 5.43 Å². The van der Waals surface area contributed by atoms with Crippen molar-refractivity contribution in [3.8, 4) is 5.69 Å². The van der Waals surface area contributed by atoms with Gasteiger partial charge >= 0.3 is 5.97 Å². The van der Waals surface area contributed by atoms with Gasteiger partial charge in [-0.05, 0) is 42.7 Å². The Morgan fingerprint density at radius 2 is 1.89 bits per heavy atom. The van der Waals surface area contributed by atoms with Gasteiger partial charge in [0.1, 0.15) is 23.0 Å². The minimum absolute atomic E-state index is 0.0366. The van der Waals surface area contributed by atoms with Crippen LogP contribution in [0, 0.1) is 24.4 Å². The number of benzene rings is 3. The number of fused-ring (bicyclic) bond motifs is 1. The third-order valence-corrected chi connectivity index (χ3v) is 7.03. The Hall–Kier alpha value is -4.11. The van der Waals surface area contributed by atoms with Crippen LogP contribution in [0.4, 0.5) is 18.9 Å². The molecule has 0 amide bonds. The maximum atomic E-state index is 15.7. The Labute approximate surface area is 210 Å². The summed E-state index contributed by atoms with van der Waals surface area (Å²) in [6.07, 6.45) is 1.76. The first kappa shape index (κ1) is 24.6. The first-order valence-corrected chi connectivity index (χ1v) is 11.8. The van der Waals surface area contributed by atoms with Crippen LogP contribution >= 0.6 is 0 Å². The van der Waals surface area contributed by atoms with Gasteiger partial charge in [0.25, 0.3) is 0 Å². The number of nitrogens with zero attached hydrogens (tertiary/aromatic N) is 2. The summed E-state index contributed by atoms with van der Waals surface area (Å²) in [6.45, 7) is 2.87. The Morgan fingerprint density at radius 3 is 2.59 bits per heavy atom. The van der Waals surface area contributed by atoms with Crippen LogP contribution in [0.5, 0.6) is 0 Å². The fraction of sp³-hybridized carbons (Fsp3) is 0.214. The number of aromatic nitrogens is 1. The molecule has 5 rings (SSSR count). The fourth-order valence-corrected chi connectivity index (χ4v) is 5.11. The molecule has 37 heavy (non-hydrogen) atoms. The van der Waals surface area contributed by atoms with Crippen molar-refractivity contribution in [3.05, 3.63) is 105 Å². The average Bonchev–Trinajstić information content (AvgIpc) is 3.36. The third kappa shape index (κ3) is 4.25. The standard InChI is InChI=1S/C28H24F3N3O3/c1-15-25-23(34(14-20(27(25)35)28(36)37)22-6-5-19(29)10-21(22)30)11-24(26(15)31)33-8-7-18(13-33)17-4-2-3-16(9-17)12-32/h2-6,9-11,14,18H,7-8,12-13,32H2,1H3,(H,36,37). The van der Waals surface area contributed by atoms with Crippen molar-refractivity contribution in [1.29, 1.82) is 0 Å². The minimum atomic E-state index is -1.53. The van der Waals surface area contributed by atoms with E-state index in [2.05, 4.69) is 0 Å². The molecule has 9 heteroatoms. The van der Waals surface area contributed by atoms with E-state index in [0.29, 0.717) is 25.7 Å². The first-order chi connectivity index (χ1) is 17.7. The molecular formula is C28H24F3N3O3. The number of anilines is 1. The lowest BCUT2D eigenvalue weighted by molar-refractivity contribution is 0.0695. The zero-order valence-electron chi connectivity index (χ0n) is 20.0. The van der Waals surface area contributed by atoms with Gasteiger partial charge < -0.3 is 20.3 Å². The molecule has 1 aromatic heterocycles. The second kappa shape index (κ2) is 9.40. The number of hydrogen-bond acceptors (Lipinski definition) is 4. The molecule has 0 spiro atoms. The predicted molar refractivity (Wildman–Crippen MR) is 135 cm³/mol. The highest BCUT2D eigenvalue weighted by Gasteiger charge is 2.29. The average molecular weight is 508 g/mol. The fourth-order valence-electron chi connectivity index (χ4n) is 5.11. The van der Waals surface area contributed by atoms with E-state index in [9.17, 15) is 23.5 Å². The second-order valence-electron chi connectivity index (χ2n) is 9.25. The number of aromatic carboxylic acids is 1. The quantitative estimate of drug-likeness (QED) is 0.403. The van der Waals surface area contributed by atoms with Crippen LogP contribution in [0.1, 0.15) is 39.4 Å². The number of rotatable bonds is 5. The number of hydrogen-bond donors (Lipinski definition) is 2. The number of carboxylic acid groups (broad SMARTS) is 1. The zero-order valence-corrected chi connectivity index (χ0v) is 20.0. The van der Waals surface area contributed by atoms with E-state index in [0.717, 1.165) is 35.9 Å². The normalized spacial score (nSPS) is 15.5. The van der Waals surface area contributed by atoms with E-state index in [1.807, 2.05) is 29.2 Å². The number of aryl methyl sites for hydroxylation is 1. The van der Waals surface area contributed by atoms with Crippen LogP contribution in [0.15, 0.2) is 59.5 Å².